The molecule has 7 N–H and O–H groups in total. The minimum atomic E-state index is -5.96. The minimum Gasteiger partial charge on any atom is -0.862 e. The Bertz CT molecular complexity index is 3440. The van der Waals surface area contributed by atoms with E-state index in [9.17, 15) is 97.2 Å². The van der Waals surface area contributed by atoms with E-state index in [0.29, 0.717) is 11.3 Å². The fourth-order valence-corrected chi connectivity index (χ4v) is 11.3. The maximum atomic E-state index is 13.4. The molecule has 0 aliphatic carbocycles. The molecule has 4 heterocycles. The fraction of sp³-hybridized carbons (Fsp3) is 0.551. The third-order valence-electron chi connectivity index (χ3n) is 13.4. The van der Waals surface area contributed by atoms with Gasteiger partial charge in [-0.15, -0.1) is 0 Å². The molecule has 0 aromatic heterocycles. The van der Waals surface area contributed by atoms with Crippen LogP contribution in [0.15, 0.2) is 94.9 Å². The van der Waals surface area contributed by atoms with Gasteiger partial charge in [0, 0.05) is 0 Å². The number of hydrogen-bond donors (Lipinski definition) is 7. The predicted octanol–water partition coefficient (Wildman–Crippen LogP) is -6.81. The summed E-state index contributed by atoms with van der Waals surface area (Å²) in [6, 6.07) is 16.0. The molecule has 0 spiro atoms. The molecule has 0 amide bonds. The van der Waals surface area contributed by atoms with Gasteiger partial charge < -0.3 is 97.4 Å². The summed E-state index contributed by atoms with van der Waals surface area (Å²) in [6.45, 7) is -2.79. The van der Waals surface area contributed by atoms with Crippen LogP contribution in [0.3, 0.4) is 0 Å². The summed E-state index contributed by atoms with van der Waals surface area (Å²) in [5.74, 6) is -6.73. The van der Waals surface area contributed by atoms with Gasteiger partial charge in [-0.05, 0) is 61.0 Å². The number of benzene rings is 3. The Kier molecular flexibility index (Phi) is 24.7. The van der Waals surface area contributed by atoms with Gasteiger partial charge in [0.15, 0.2) is 18.9 Å². The third-order valence-corrected chi connectivity index (χ3v) is 15.2. The Morgan fingerprint density at radius 3 is 1.30 bits per heavy atom. The number of aliphatic hydroxyl groups excluding tert-OH is 3. The Labute approximate surface area is 517 Å². The van der Waals surface area contributed by atoms with Gasteiger partial charge in [-0.2, -0.15) is 33.7 Å². The zero-order valence-electron chi connectivity index (χ0n) is 47.0. The Morgan fingerprint density at radius 2 is 0.868 bits per heavy atom. The van der Waals surface area contributed by atoms with Gasteiger partial charge in [0.25, 0.3) is 0 Å². The first-order chi connectivity index (χ1) is 42.6. The molecule has 0 bridgehead atoms. The van der Waals surface area contributed by atoms with E-state index in [-0.39, 0.29) is 11.3 Å². The second kappa shape index (κ2) is 30.9. The molecule has 3 aromatic rings. The molecule has 0 saturated carbocycles. The number of aliphatic imine (C=N–C) groups is 2. The van der Waals surface area contributed by atoms with E-state index in [1.807, 2.05) is 0 Å². The van der Waals surface area contributed by atoms with Crippen molar-refractivity contribution in [3.8, 4) is 11.5 Å². The van der Waals surface area contributed by atoms with E-state index in [2.05, 4.69) is 22.5 Å². The van der Waals surface area contributed by atoms with Crippen LogP contribution in [0.25, 0.3) is 0 Å². The summed E-state index contributed by atoms with van der Waals surface area (Å²) < 4.78 is 218. The monoisotopic (exact) mass is 1380 g/mol. The first-order valence-electron chi connectivity index (χ1n) is 26.2. The molecular formula is C49H58N2O36S4-4. The highest BCUT2D eigenvalue weighted by Crippen LogP contribution is 2.40. The van der Waals surface area contributed by atoms with Crippen LogP contribution < -0.4 is 29.9 Å². The lowest BCUT2D eigenvalue weighted by molar-refractivity contribution is -0.386. The zero-order valence-corrected chi connectivity index (χ0v) is 50.2. The van der Waals surface area contributed by atoms with Crippen LogP contribution in [-0.4, -0.2) is 234 Å². The highest BCUT2D eigenvalue weighted by atomic mass is 32.3. The van der Waals surface area contributed by atoms with E-state index in [1.54, 1.807) is 36.4 Å². The molecule has 91 heavy (non-hydrogen) atoms. The van der Waals surface area contributed by atoms with Crippen molar-refractivity contribution < 1.29 is 166 Å². The summed E-state index contributed by atoms with van der Waals surface area (Å²) in [6.07, 6.45) is -44.4. The van der Waals surface area contributed by atoms with Crippen molar-refractivity contribution in [2.24, 2.45) is 9.98 Å². The molecular weight excluding hydrogens is 1320 g/mol. The number of aliphatic carboxylic acids is 2. The van der Waals surface area contributed by atoms with Crippen LogP contribution in [0.5, 0.6) is 11.5 Å². The Hall–Kier alpha value is -5.86. The van der Waals surface area contributed by atoms with Crippen LogP contribution in [0.4, 0.5) is 0 Å². The lowest BCUT2D eigenvalue weighted by atomic mass is 9.94. The molecule has 4 saturated heterocycles. The number of carboxylic acid groups (broad SMARTS) is 2. The number of rotatable bonds is 29. The van der Waals surface area contributed by atoms with E-state index in [1.165, 1.54) is 55.6 Å². The van der Waals surface area contributed by atoms with E-state index >= 15 is 0 Å². The number of nitrogens with zero attached hydrogens (tertiary/aromatic N) is 2. The van der Waals surface area contributed by atoms with Gasteiger partial charge in [-0.25, -0.2) is 16.7 Å². The Morgan fingerprint density at radius 1 is 0.473 bits per heavy atom. The SMILES string of the molecule is COc1ccc(O[C@@H]2O[C@H](C(=O)[O-])[C@@H](O[C@@H]3O[C@H](COS(=O)(=O)O)[C@H](OS(=O)(=O)O)[C@H](O[C@@H]4O[C@H](C(=O)[O-])[C@@H](O[C@@H]5O[C@H](COS(=O)(=O)O)[C@H](OS(=O)(=O)O)[C@H](O)[C@H]5N=C(C)[O-])[C@H](OCc5ccccc5)[C@H]4O)[C@H]3N=C(C)[O-])[C@H](OCc3ccccc3)[C@H]2O)cc1. The van der Waals surface area contributed by atoms with Crippen molar-refractivity contribution in [3.63, 3.8) is 0 Å². The smallest absolute Gasteiger partial charge is 0.397 e. The summed E-state index contributed by atoms with van der Waals surface area (Å²) in [5, 5.41) is 88.4. The maximum absolute atomic E-state index is 13.4. The highest BCUT2D eigenvalue weighted by molar-refractivity contribution is 7.81. The molecule has 4 aliphatic heterocycles. The number of aliphatic hydroxyl groups is 3. The van der Waals surface area contributed by atoms with E-state index in [4.69, 9.17) is 56.3 Å². The summed E-state index contributed by atoms with van der Waals surface area (Å²) >= 11 is 0. The van der Waals surface area contributed by atoms with Gasteiger partial charge in [0.2, 0.25) is 6.29 Å². The molecule has 4 aliphatic rings. The van der Waals surface area contributed by atoms with Crippen molar-refractivity contribution >= 4 is 65.3 Å². The minimum absolute atomic E-state index is 0.0439. The van der Waals surface area contributed by atoms with Crippen LogP contribution in [-0.2, 0) is 124 Å². The van der Waals surface area contributed by atoms with Crippen molar-refractivity contribution in [1.82, 2.24) is 0 Å². The normalized spacial score (nSPS) is 33.0. The van der Waals surface area contributed by atoms with Crippen LogP contribution in [0.1, 0.15) is 25.0 Å². The van der Waals surface area contributed by atoms with E-state index in [0.717, 1.165) is 13.8 Å². The standard InChI is InChI=1S/C49H62N2O36S4/c1-22(52)50-30-32(54)35(86-90(67,68)69)28(20-76-88(61,62)63)79-46(30)82-40-39(75-19-25-12-8-5-9-13-25)34(56)49(85-43(40)45(59)60)81-37-31(51-23(2)53)47(80-29(21-77-89(64,65)66)36(37)87-91(70,71)72)83-41-38(74-18-24-10-6-4-7-11-24)33(55)48(84-42(41)44(57)58)78-27-16-14-26(73-3)15-17-27/h4-17,28-43,46-49,54-56H,18-21H2,1-3H3,(H,50,52)(H,51,53)(H,57,58)(H,59,60)(H,61,62,63)(H,64,65,66)(H,67,68,69)(H,70,71,72)/p-4/t28-,29-,30-,31-,32-,33-,34-,35+,36+,37-,38-,39-,40+,41+,42+,43+,46+,47+,48-,49-/m1/s1. The zero-order chi connectivity index (χ0) is 66.9. The summed E-state index contributed by atoms with van der Waals surface area (Å²) in [7, 11) is -21.4. The van der Waals surface area contributed by atoms with Crippen molar-refractivity contribution in [2.75, 3.05) is 20.3 Å². The highest BCUT2D eigenvalue weighted by Gasteiger charge is 2.59. The largest absolute Gasteiger partial charge is 0.862 e. The van der Waals surface area contributed by atoms with Crippen LogP contribution in [0.2, 0.25) is 0 Å². The Balaban J connectivity index is 1.34. The van der Waals surface area contributed by atoms with Gasteiger partial charge >= 0.3 is 41.6 Å². The molecule has 0 radical (unpaired) electrons. The topological polar surface area (TPSA) is 568 Å². The molecule has 42 heteroatoms. The molecule has 0 unspecified atom stereocenters. The van der Waals surface area contributed by atoms with Crippen molar-refractivity contribution in [3.05, 3.63) is 96.1 Å². The third kappa shape index (κ3) is 20.6. The average Bonchev–Trinajstić information content (AvgIpc) is 0.787. The quantitative estimate of drug-likeness (QED) is 0.0193. The van der Waals surface area contributed by atoms with Gasteiger partial charge in [0.05, 0.1) is 45.5 Å². The fourth-order valence-electron chi connectivity index (χ4n) is 9.67. The molecule has 7 rings (SSSR count). The summed E-state index contributed by atoms with van der Waals surface area (Å²) in [4.78, 5) is 34.1. The first kappa shape index (κ1) is 72.6. The van der Waals surface area contributed by atoms with Crippen LogP contribution in [0, 0.1) is 0 Å². The average molecular weight is 1380 g/mol. The number of methoxy groups -OCH3 is 1. The lowest BCUT2D eigenvalue weighted by Gasteiger charge is -2.51. The second-order valence-corrected chi connectivity index (χ2v) is 24.1. The lowest BCUT2D eigenvalue weighted by Crippen LogP contribution is -2.70. The molecule has 4 fully saturated rings. The number of ether oxygens (including phenoxy) is 11. The van der Waals surface area contributed by atoms with E-state index < -0.39 is 214 Å². The molecule has 38 nitrogen and oxygen atoms in total. The van der Waals surface area contributed by atoms with Crippen LogP contribution >= 0.6 is 0 Å². The number of hydrogen-bond acceptors (Lipinski definition) is 34. The molecule has 508 valence electrons. The number of carbonyl (C=O) groups is 2. The van der Waals surface area contributed by atoms with Crippen molar-refractivity contribution in [2.45, 2.75) is 150 Å². The van der Waals surface area contributed by atoms with Gasteiger partial charge in [0.1, 0.15) is 109 Å². The first-order valence-corrected chi connectivity index (χ1v) is 31.7. The van der Waals surface area contributed by atoms with Crippen molar-refractivity contribution in [1.29, 1.82) is 0 Å². The molecule has 20 atom stereocenters. The number of carboxylic acids is 2. The second-order valence-electron chi connectivity index (χ2n) is 19.8. The van der Waals surface area contributed by atoms with Gasteiger partial charge in [-0.1, -0.05) is 60.7 Å². The molecule has 3 aromatic carbocycles. The van der Waals surface area contributed by atoms with Gasteiger partial charge in [-0.3, -0.25) is 28.2 Å². The summed E-state index contributed by atoms with van der Waals surface area (Å²) in [5.41, 5.74) is 0.618. The number of carbonyl (C=O) groups excluding carboxylic acids is 2. The maximum Gasteiger partial charge on any atom is 0.397 e. The predicted molar refractivity (Wildman–Crippen MR) is 283 cm³/mol.